The van der Waals surface area contributed by atoms with Gasteiger partial charge in [0, 0.05) is 30.4 Å². The second kappa shape index (κ2) is 9.00. The average Bonchev–Trinajstić information content (AvgIpc) is 2.73. The SMILES string of the molecule is Cc1[nH]c(=O)[nH]c(=O)c1CCC(=O)Nc1ccc(S(=O)(=O)N(C)c2ccccc2)cc1. The Hall–Kier alpha value is -3.66. The minimum Gasteiger partial charge on any atom is -0.326 e. The smallest absolute Gasteiger partial charge is 0.325 e. The summed E-state index contributed by atoms with van der Waals surface area (Å²) in [5.41, 5.74) is 0.597. The van der Waals surface area contributed by atoms with Gasteiger partial charge in [0.2, 0.25) is 5.91 Å². The lowest BCUT2D eigenvalue weighted by Gasteiger charge is -2.19. The molecule has 10 heteroatoms. The van der Waals surface area contributed by atoms with E-state index in [1.54, 1.807) is 37.3 Å². The van der Waals surface area contributed by atoms with Gasteiger partial charge in [-0.05, 0) is 49.7 Å². The first-order valence-corrected chi connectivity index (χ1v) is 10.9. The summed E-state index contributed by atoms with van der Waals surface area (Å²) in [7, 11) is -2.27. The lowest BCUT2D eigenvalue weighted by atomic mass is 10.1. The van der Waals surface area contributed by atoms with Crippen LogP contribution in [0, 0.1) is 6.92 Å². The second-order valence-electron chi connectivity index (χ2n) is 6.89. The largest absolute Gasteiger partial charge is 0.326 e. The third kappa shape index (κ3) is 5.10. The van der Waals surface area contributed by atoms with Crippen LogP contribution in [0.1, 0.15) is 17.7 Å². The highest BCUT2D eigenvalue weighted by atomic mass is 32.2. The Morgan fingerprint density at radius 2 is 1.65 bits per heavy atom. The van der Waals surface area contributed by atoms with Crippen molar-refractivity contribution in [3.63, 3.8) is 0 Å². The quantitative estimate of drug-likeness (QED) is 0.513. The number of benzene rings is 2. The van der Waals surface area contributed by atoms with Gasteiger partial charge in [-0.3, -0.25) is 18.9 Å². The minimum atomic E-state index is -3.74. The van der Waals surface area contributed by atoms with E-state index in [0.717, 1.165) is 0 Å². The number of nitrogens with one attached hydrogen (secondary N) is 3. The molecule has 0 fully saturated rings. The summed E-state index contributed by atoms with van der Waals surface area (Å²) in [5.74, 6) is -0.345. The van der Waals surface area contributed by atoms with Gasteiger partial charge in [0.1, 0.15) is 0 Å². The van der Waals surface area contributed by atoms with Gasteiger partial charge in [-0.2, -0.15) is 0 Å². The van der Waals surface area contributed by atoms with E-state index in [2.05, 4.69) is 15.3 Å². The summed E-state index contributed by atoms with van der Waals surface area (Å²) in [5, 5.41) is 2.67. The fourth-order valence-corrected chi connectivity index (χ4v) is 4.23. The van der Waals surface area contributed by atoms with E-state index in [1.807, 2.05) is 0 Å². The lowest BCUT2D eigenvalue weighted by molar-refractivity contribution is -0.116. The molecule has 0 aliphatic carbocycles. The number of aryl methyl sites for hydroxylation is 1. The van der Waals surface area contributed by atoms with Gasteiger partial charge >= 0.3 is 5.69 Å². The number of carbonyl (C=O) groups is 1. The molecule has 1 heterocycles. The molecule has 0 spiro atoms. The Kier molecular flexibility index (Phi) is 6.40. The molecule has 1 aromatic heterocycles. The van der Waals surface area contributed by atoms with E-state index in [-0.39, 0.29) is 23.6 Å². The summed E-state index contributed by atoms with van der Waals surface area (Å²) in [6.45, 7) is 1.59. The molecular formula is C21H22N4O5S. The van der Waals surface area contributed by atoms with Gasteiger partial charge < -0.3 is 10.3 Å². The number of carbonyl (C=O) groups excluding carboxylic acids is 1. The number of aromatic nitrogens is 2. The van der Waals surface area contributed by atoms with Gasteiger partial charge in [0.05, 0.1) is 10.6 Å². The molecule has 3 rings (SSSR count). The van der Waals surface area contributed by atoms with Crippen molar-refractivity contribution in [2.24, 2.45) is 0 Å². The van der Waals surface area contributed by atoms with Crippen LogP contribution in [0.5, 0.6) is 0 Å². The topological polar surface area (TPSA) is 132 Å². The molecule has 0 atom stereocenters. The van der Waals surface area contributed by atoms with Crippen LogP contribution in [0.4, 0.5) is 11.4 Å². The van der Waals surface area contributed by atoms with Crippen molar-refractivity contribution in [1.29, 1.82) is 0 Å². The number of aromatic amines is 2. The minimum absolute atomic E-state index is 0.0206. The van der Waals surface area contributed by atoms with Crippen LogP contribution in [0.15, 0.2) is 69.1 Å². The predicted octanol–water partition coefficient (Wildman–Crippen LogP) is 1.77. The maximum absolute atomic E-state index is 12.8. The molecule has 0 radical (unpaired) electrons. The Bertz CT molecular complexity index is 1300. The van der Waals surface area contributed by atoms with E-state index in [4.69, 9.17) is 0 Å². The highest BCUT2D eigenvalue weighted by Gasteiger charge is 2.21. The first-order chi connectivity index (χ1) is 14.7. The number of rotatable bonds is 7. The Morgan fingerprint density at radius 1 is 1.00 bits per heavy atom. The molecule has 3 aromatic rings. The number of nitrogens with zero attached hydrogens (tertiary/aromatic N) is 1. The maximum Gasteiger partial charge on any atom is 0.325 e. The molecule has 31 heavy (non-hydrogen) atoms. The van der Waals surface area contributed by atoms with Gasteiger partial charge in [0.15, 0.2) is 0 Å². The Morgan fingerprint density at radius 3 is 2.26 bits per heavy atom. The zero-order chi connectivity index (χ0) is 22.6. The number of amides is 1. The van der Waals surface area contributed by atoms with Crippen molar-refractivity contribution in [3.8, 4) is 0 Å². The van der Waals surface area contributed by atoms with Crippen molar-refractivity contribution in [2.75, 3.05) is 16.7 Å². The first kappa shape index (κ1) is 22.0. The fraction of sp³-hybridized carbons (Fsp3) is 0.190. The van der Waals surface area contributed by atoms with Crippen LogP contribution in [0.2, 0.25) is 0 Å². The zero-order valence-electron chi connectivity index (χ0n) is 17.0. The summed E-state index contributed by atoms with van der Waals surface area (Å²) >= 11 is 0. The maximum atomic E-state index is 12.8. The van der Waals surface area contributed by atoms with Crippen molar-refractivity contribution in [1.82, 2.24) is 9.97 Å². The van der Waals surface area contributed by atoms with Gasteiger partial charge in [-0.15, -0.1) is 0 Å². The van der Waals surface area contributed by atoms with Crippen LogP contribution < -0.4 is 20.9 Å². The van der Waals surface area contributed by atoms with Crippen LogP contribution in [-0.2, 0) is 21.2 Å². The second-order valence-corrected chi connectivity index (χ2v) is 8.86. The zero-order valence-corrected chi connectivity index (χ0v) is 17.8. The van der Waals surface area contributed by atoms with Crippen molar-refractivity contribution >= 4 is 27.3 Å². The molecule has 0 unspecified atom stereocenters. The Labute approximate surface area is 178 Å². The first-order valence-electron chi connectivity index (χ1n) is 9.44. The van der Waals surface area contributed by atoms with Crippen LogP contribution in [-0.4, -0.2) is 31.3 Å². The summed E-state index contributed by atoms with van der Waals surface area (Å²) < 4.78 is 26.8. The van der Waals surface area contributed by atoms with Crippen LogP contribution >= 0.6 is 0 Å². The lowest BCUT2D eigenvalue weighted by Crippen LogP contribution is -2.27. The molecule has 0 aliphatic rings. The van der Waals surface area contributed by atoms with Crippen LogP contribution in [0.25, 0.3) is 0 Å². The molecule has 162 valence electrons. The van der Waals surface area contributed by atoms with Gasteiger partial charge in [-0.1, -0.05) is 18.2 Å². The number of anilines is 2. The normalized spacial score (nSPS) is 11.2. The van der Waals surface area contributed by atoms with E-state index in [1.165, 1.54) is 35.6 Å². The van der Waals surface area contributed by atoms with Gasteiger partial charge in [-0.25, -0.2) is 13.2 Å². The third-order valence-electron chi connectivity index (χ3n) is 4.77. The summed E-state index contributed by atoms with van der Waals surface area (Å²) in [4.78, 5) is 40.0. The van der Waals surface area contributed by atoms with E-state index in [0.29, 0.717) is 22.6 Å². The number of hydrogen-bond acceptors (Lipinski definition) is 5. The van der Waals surface area contributed by atoms with E-state index in [9.17, 15) is 22.8 Å². The Balaban J connectivity index is 1.66. The van der Waals surface area contributed by atoms with Crippen LogP contribution in [0.3, 0.4) is 0 Å². The predicted molar refractivity (Wildman–Crippen MR) is 118 cm³/mol. The van der Waals surface area contributed by atoms with Gasteiger partial charge in [0.25, 0.3) is 15.6 Å². The standard InChI is InChI=1S/C21H22N4O5S/c1-14-18(20(27)24-21(28)22-14)12-13-19(26)23-15-8-10-17(11-9-15)31(29,30)25(2)16-6-4-3-5-7-16/h3-11H,12-13H2,1-2H3,(H,23,26)(H2,22,24,27,28). The number of para-hydroxylation sites is 1. The molecule has 3 N–H and O–H groups in total. The summed E-state index contributed by atoms with van der Waals surface area (Å²) in [6.07, 6.45) is 0.171. The monoisotopic (exact) mass is 442 g/mol. The third-order valence-corrected chi connectivity index (χ3v) is 6.57. The molecule has 0 saturated carbocycles. The van der Waals surface area contributed by atoms with Crippen molar-refractivity contribution in [2.45, 2.75) is 24.7 Å². The highest BCUT2D eigenvalue weighted by molar-refractivity contribution is 7.92. The summed E-state index contributed by atoms with van der Waals surface area (Å²) in [6, 6.07) is 14.5. The molecule has 0 bridgehead atoms. The van der Waals surface area contributed by atoms with E-state index >= 15 is 0 Å². The number of sulfonamides is 1. The molecule has 0 saturated heterocycles. The fourth-order valence-electron chi connectivity index (χ4n) is 3.03. The molecule has 9 nitrogen and oxygen atoms in total. The van der Waals surface area contributed by atoms with Crippen molar-refractivity contribution < 1.29 is 13.2 Å². The van der Waals surface area contributed by atoms with E-state index < -0.39 is 21.3 Å². The average molecular weight is 442 g/mol. The number of hydrogen-bond donors (Lipinski definition) is 3. The molecule has 0 aliphatic heterocycles. The molecular weight excluding hydrogens is 420 g/mol. The van der Waals surface area contributed by atoms with Crippen molar-refractivity contribution in [3.05, 3.63) is 86.7 Å². The molecule has 1 amide bonds. The molecule has 2 aromatic carbocycles. The number of H-pyrrole nitrogens is 2. The highest BCUT2D eigenvalue weighted by Crippen LogP contribution is 2.22.